The molecule has 1 aromatic heterocycles. The number of aromatic carboxylic acids is 1. The zero-order valence-electron chi connectivity index (χ0n) is 9.86. The van der Waals surface area contributed by atoms with Crippen LogP contribution in [0.2, 0.25) is 0 Å². The van der Waals surface area contributed by atoms with Crippen molar-refractivity contribution in [2.24, 2.45) is 0 Å². The first-order chi connectivity index (χ1) is 8.11. The van der Waals surface area contributed by atoms with Gasteiger partial charge >= 0.3 is 5.97 Å². The Morgan fingerprint density at radius 3 is 3.12 bits per heavy atom. The van der Waals surface area contributed by atoms with Crippen molar-refractivity contribution in [3.63, 3.8) is 0 Å². The second-order valence-electron chi connectivity index (χ2n) is 4.63. The van der Waals surface area contributed by atoms with E-state index >= 15 is 0 Å². The van der Waals surface area contributed by atoms with Gasteiger partial charge in [-0.2, -0.15) is 0 Å². The van der Waals surface area contributed by atoms with E-state index in [1.54, 1.807) is 0 Å². The molecule has 1 aliphatic rings. The maximum Gasteiger partial charge on any atom is 0.339 e. The summed E-state index contributed by atoms with van der Waals surface area (Å²) in [5, 5.41) is 12.3. The first-order valence-electron chi connectivity index (χ1n) is 5.73. The third kappa shape index (κ3) is 2.87. The van der Waals surface area contributed by atoms with Crippen LogP contribution in [0.1, 0.15) is 35.9 Å². The molecule has 1 saturated heterocycles. The zero-order chi connectivity index (χ0) is 12.3. The number of nitrogens with one attached hydrogen (secondary N) is 1. The molecule has 1 fully saturated rings. The molecule has 5 heteroatoms. The van der Waals surface area contributed by atoms with Crippen molar-refractivity contribution in [3.05, 3.63) is 23.7 Å². The SMILES string of the molecule is CC1(NCc2occc2C(=O)O)CCCOC1. The van der Waals surface area contributed by atoms with E-state index in [2.05, 4.69) is 12.2 Å². The van der Waals surface area contributed by atoms with Gasteiger partial charge in [-0.3, -0.25) is 0 Å². The van der Waals surface area contributed by atoms with E-state index in [0.717, 1.165) is 19.4 Å². The summed E-state index contributed by atoms with van der Waals surface area (Å²) in [4.78, 5) is 10.9. The van der Waals surface area contributed by atoms with Gasteiger partial charge in [0.2, 0.25) is 0 Å². The van der Waals surface area contributed by atoms with Gasteiger partial charge < -0.3 is 19.6 Å². The molecule has 0 saturated carbocycles. The van der Waals surface area contributed by atoms with Gasteiger partial charge in [-0.05, 0) is 25.8 Å². The maximum absolute atomic E-state index is 10.9. The highest BCUT2D eigenvalue weighted by molar-refractivity contribution is 5.88. The van der Waals surface area contributed by atoms with Gasteiger partial charge in [-0.15, -0.1) is 0 Å². The molecule has 2 heterocycles. The summed E-state index contributed by atoms with van der Waals surface area (Å²) < 4.78 is 10.6. The molecule has 0 radical (unpaired) electrons. The number of carboxylic acids is 1. The van der Waals surface area contributed by atoms with Crippen LogP contribution in [-0.4, -0.2) is 29.8 Å². The fourth-order valence-corrected chi connectivity index (χ4v) is 2.04. The average Bonchev–Trinajstić information content (AvgIpc) is 2.76. The van der Waals surface area contributed by atoms with Gasteiger partial charge in [-0.25, -0.2) is 4.79 Å². The van der Waals surface area contributed by atoms with Crippen LogP contribution in [-0.2, 0) is 11.3 Å². The second kappa shape index (κ2) is 4.89. The summed E-state index contributed by atoms with van der Waals surface area (Å²) in [5.74, 6) is -0.495. The van der Waals surface area contributed by atoms with Crippen LogP contribution in [0.5, 0.6) is 0 Å². The molecule has 5 nitrogen and oxygen atoms in total. The molecule has 1 aliphatic heterocycles. The largest absolute Gasteiger partial charge is 0.478 e. The number of carbonyl (C=O) groups is 1. The Morgan fingerprint density at radius 1 is 1.65 bits per heavy atom. The molecule has 2 rings (SSSR count). The van der Waals surface area contributed by atoms with Crippen molar-refractivity contribution in [1.29, 1.82) is 0 Å². The van der Waals surface area contributed by atoms with E-state index in [4.69, 9.17) is 14.3 Å². The lowest BCUT2D eigenvalue weighted by Gasteiger charge is -2.34. The lowest BCUT2D eigenvalue weighted by molar-refractivity contribution is 0.0269. The molecule has 0 aromatic carbocycles. The van der Waals surface area contributed by atoms with Gasteiger partial charge in [0.05, 0.1) is 19.4 Å². The van der Waals surface area contributed by atoms with E-state index < -0.39 is 5.97 Å². The van der Waals surface area contributed by atoms with E-state index in [9.17, 15) is 4.79 Å². The Morgan fingerprint density at radius 2 is 2.47 bits per heavy atom. The number of rotatable bonds is 4. The number of furan rings is 1. The molecule has 17 heavy (non-hydrogen) atoms. The average molecular weight is 239 g/mol. The predicted octanol–water partition coefficient (Wildman–Crippen LogP) is 1.64. The normalized spacial score (nSPS) is 24.8. The zero-order valence-corrected chi connectivity index (χ0v) is 9.86. The Hall–Kier alpha value is -1.33. The Labute approximate surface area is 99.8 Å². The monoisotopic (exact) mass is 239 g/mol. The lowest BCUT2D eigenvalue weighted by atomic mass is 9.95. The molecule has 0 aliphatic carbocycles. The second-order valence-corrected chi connectivity index (χ2v) is 4.63. The number of hydrogen-bond donors (Lipinski definition) is 2. The highest BCUT2D eigenvalue weighted by Gasteiger charge is 2.27. The Balaban J connectivity index is 1.97. The predicted molar refractivity (Wildman–Crippen MR) is 61.0 cm³/mol. The minimum Gasteiger partial charge on any atom is -0.478 e. The van der Waals surface area contributed by atoms with Gasteiger partial charge in [-0.1, -0.05) is 0 Å². The van der Waals surface area contributed by atoms with Crippen LogP contribution in [0.4, 0.5) is 0 Å². The summed E-state index contributed by atoms with van der Waals surface area (Å²) in [6.07, 6.45) is 3.45. The minimum atomic E-state index is -0.958. The Kier molecular flexibility index (Phi) is 3.49. The van der Waals surface area contributed by atoms with Gasteiger partial charge in [0.15, 0.2) is 0 Å². The first kappa shape index (κ1) is 12.1. The molecular formula is C12H17NO4. The van der Waals surface area contributed by atoms with E-state index in [0.29, 0.717) is 18.9 Å². The topological polar surface area (TPSA) is 71.7 Å². The number of carboxylic acid groups (broad SMARTS) is 1. The summed E-state index contributed by atoms with van der Waals surface area (Å²) in [6.45, 7) is 3.94. The van der Waals surface area contributed by atoms with Crippen molar-refractivity contribution >= 4 is 5.97 Å². The van der Waals surface area contributed by atoms with Crippen molar-refractivity contribution in [2.45, 2.75) is 31.8 Å². The molecule has 0 bridgehead atoms. The summed E-state index contributed by atoms with van der Waals surface area (Å²) in [5.41, 5.74) is 0.124. The molecule has 1 aromatic rings. The standard InChI is InChI=1S/C12H17NO4/c1-12(4-2-5-16-8-12)13-7-10-9(11(14)15)3-6-17-10/h3,6,13H,2,4-5,7-8H2,1H3,(H,14,15). The number of ether oxygens (including phenoxy) is 1. The van der Waals surface area contributed by atoms with Crippen LogP contribution in [0.25, 0.3) is 0 Å². The molecule has 0 amide bonds. The van der Waals surface area contributed by atoms with Crippen LogP contribution >= 0.6 is 0 Å². The van der Waals surface area contributed by atoms with Crippen LogP contribution in [0.15, 0.2) is 16.7 Å². The molecule has 0 spiro atoms. The maximum atomic E-state index is 10.9. The van der Waals surface area contributed by atoms with E-state index in [-0.39, 0.29) is 11.1 Å². The van der Waals surface area contributed by atoms with Crippen LogP contribution < -0.4 is 5.32 Å². The summed E-state index contributed by atoms with van der Waals surface area (Å²) >= 11 is 0. The minimum absolute atomic E-state index is 0.0964. The molecule has 1 unspecified atom stereocenters. The van der Waals surface area contributed by atoms with Gasteiger partial charge in [0.1, 0.15) is 11.3 Å². The summed E-state index contributed by atoms with van der Waals surface area (Å²) in [7, 11) is 0. The van der Waals surface area contributed by atoms with Crippen molar-refractivity contribution in [2.75, 3.05) is 13.2 Å². The van der Waals surface area contributed by atoms with Crippen molar-refractivity contribution in [1.82, 2.24) is 5.32 Å². The van der Waals surface area contributed by atoms with Crippen LogP contribution in [0.3, 0.4) is 0 Å². The quantitative estimate of drug-likeness (QED) is 0.835. The van der Waals surface area contributed by atoms with E-state index in [1.807, 2.05) is 0 Å². The van der Waals surface area contributed by atoms with Crippen molar-refractivity contribution in [3.8, 4) is 0 Å². The highest BCUT2D eigenvalue weighted by Crippen LogP contribution is 2.20. The fourth-order valence-electron chi connectivity index (χ4n) is 2.04. The van der Waals surface area contributed by atoms with Crippen LogP contribution in [0, 0.1) is 0 Å². The third-order valence-corrected chi connectivity index (χ3v) is 3.09. The molecule has 94 valence electrons. The first-order valence-corrected chi connectivity index (χ1v) is 5.73. The molecule has 1 atom stereocenters. The number of hydrogen-bond acceptors (Lipinski definition) is 4. The Bertz CT molecular complexity index is 393. The highest BCUT2D eigenvalue weighted by atomic mass is 16.5. The lowest BCUT2D eigenvalue weighted by Crippen LogP contribution is -2.48. The van der Waals surface area contributed by atoms with E-state index in [1.165, 1.54) is 12.3 Å². The fraction of sp³-hybridized carbons (Fsp3) is 0.583. The summed E-state index contributed by atoms with van der Waals surface area (Å²) in [6, 6.07) is 1.47. The molecular weight excluding hydrogens is 222 g/mol. The smallest absolute Gasteiger partial charge is 0.339 e. The molecule has 2 N–H and O–H groups in total. The van der Waals surface area contributed by atoms with Gasteiger partial charge in [0.25, 0.3) is 0 Å². The van der Waals surface area contributed by atoms with Gasteiger partial charge in [0, 0.05) is 12.1 Å². The van der Waals surface area contributed by atoms with Crippen molar-refractivity contribution < 1.29 is 19.1 Å². The third-order valence-electron chi connectivity index (χ3n) is 3.09.